The molecule has 0 saturated carbocycles. The van der Waals surface area contributed by atoms with E-state index in [-0.39, 0.29) is 13.0 Å². The fraction of sp³-hybridized carbons (Fsp3) is 0.300. The van der Waals surface area contributed by atoms with Crippen LogP contribution in [-0.2, 0) is 14.3 Å². The van der Waals surface area contributed by atoms with Crippen molar-refractivity contribution in [3.63, 3.8) is 0 Å². The summed E-state index contributed by atoms with van der Waals surface area (Å²) < 4.78 is 15.6. The third-order valence-corrected chi connectivity index (χ3v) is 3.93. The Morgan fingerprint density at radius 3 is 2.48 bits per heavy atom. The Morgan fingerprint density at radius 1 is 1.07 bits per heavy atom. The van der Waals surface area contributed by atoms with E-state index in [9.17, 15) is 9.59 Å². The lowest BCUT2D eigenvalue weighted by Gasteiger charge is -2.10. The number of esters is 1. The van der Waals surface area contributed by atoms with Gasteiger partial charge >= 0.3 is 5.97 Å². The highest BCUT2D eigenvalue weighted by molar-refractivity contribution is 6.31. The van der Waals surface area contributed by atoms with Crippen LogP contribution in [0, 0.1) is 6.92 Å². The predicted molar refractivity (Wildman–Crippen MR) is 104 cm³/mol. The highest BCUT2D eigenvalue weighted by atomic mass is 35.5. The standard InChI is InChI=1S/C20H22ClNO5/c1-14-5-6-15(21)12-18(14)22-19(23)13-27-20(24)4-3-11-26-17-9-7-16(25-2)8-10-17/h5-10,12H,3-4,11,13H2,1-2H3,(H,22,23). The number of benzene rings is 2. The summed E-state index contributed by atoms with van der Waals surface area (Å²) in [5.41, 5.74) is 1.46. The Balaban J connectivity index is 1.63. The fourth-order valence-corrected chi connectivity index (χ4v) is 2.38. The molecule has 2 aromatic rings. The number of amides is 1. The van der Waals surface area contributed by atoms with Gasteiger partial charge in [-0.25, -0.2) is 0 Å². The van der Waals surface area contributed by atoms with Gasteiger partial charge in [-0.2, -0.15) is 0 Å². The Morgan fingerprint density at radius 2 is 1.78 bits per heavy atom. The zero-order chi connectivity index (χ0) is 19.6. The molecule has 0 atom stereocenters. The van der Waals surface area contributed by atoms with E-state index in [1.54, 1.807) is 49.6 Å². The second-order valence-electron chi connectivity index (χ2n) is 5.80. The normalized spacial score (nSPS) is 10.2. The van der Waals surface area contributed by atoms with Gasteiger partial charge in [-0.15, -0.1) is 0 Å². The third-order valence-electron chi connectivity index (χ3n) is 3.69. The number of hydrogen-bond acceptors (Lipinski definition) is 5. The monoisotopic (exact) mass is 391 g/mol. The molecule has 1 amide bonds. The second kappa shape index (κ2) is 10.4. The van der Waals surface area contributed by atoms with Crippen molar-refractivity contribution in [1.82, 2.24) is 0 Å². The van der Waals surface area contributed by atoms with Crippen molar-refractivity contribution in [2.24, 2.45) is 0 Å². The van der Waals surface area contributed by atoms with E-state index < -0.39 is 11.9 Å². The molecule has 0 unspecified atom stereocenters. The number of nitrogens with one attached hydrogen (secondary N) is 1. The summed E-state index contributed by atoms with van der Waals surface area (Å²) in [6, 6.07) is 12.4. The molecule has 0 fully saturated rings. The molecule has 0 heterocycles. The molecule has 2 aromatic carbocycles. The number of rotatable bonds is 9. The molecular formula is C20H22ClNO5. The van der Waals surface area contributed by atoms with Gasteiger partial charge < -0.3 is 19.5 Å². The first kappa shape index (κ1) is 20.6. The smallest absolute Gasteiger partial charge is 0.306 e. The van der Waals surface area contributed by atoms with Crippen LogP contribution in [0.1, 0.15) is 18.4 Å². The van der Waals surface area contributed by atoms with E-state index >= 15 is 0 Å². The molecule has 27 heavy (non-hydrogen) atoms. The molecule has 0 aliphatic heterocycles. The lowest BCUT2D eigenvalue weighted by molar-refractivity contribution is -0.147. The first-order valence-electron chi connectivity index (χ1n) is 8.46. The summed E-state index contributed by atoms with van der Waals surface area (Å²) in [7, 11) is 1.60. The van der Waals surface area contributed by atoms with Gasteiger partial charge in [-0.3, -0.25) is 9.59 Å². The van der Waals surface area contributed by atoms with E-state index in [0.29, 0.717) is 29.5 Å². The zero-order valence-corrected chi connectivity index (χ0v) is 16.0. The summed E-state index contributed by atoms with van der Waals surface area (Å²) in [5, 5.41) is 3.19. The molecule has 7 heteroatoms. The largest absolute Gasteiger partial charge is 0.497 e. The van der Waals surface area contributed by atoms with Crippen molar-refractivity contribution >= 4 is 29.2 Å². The fourth-order valence-electron chi connectivity index (χ4n) is 2.21. The van der Waals surface area contributed by atoms with E-state index in [1.807, 2.05) is 6.92 Å². The molecule has 0 radical (unpaired) electrons. The lowest BCUT2D eigenvalue weighted by Crippen LogP contribution is -2.21. The number of aryl methyl sites for hydroxylation is 1. The van der Waals surface area contributed by atoms with Crippen LogP contribution in [0.2, 0.25) is 5.02 Å². The molecule has 0 spiro atoms. The quantitative estimate of drug-likeness (QED) is 0.516. The molecule has 144 valence electrons. The Labute approximate surface area is 163 Å². The van der Waals surface area contributed by atoms with Crippen LogP contribution in [0.5, 0.6) is 11.5 Å². The number of ether oxygens (including phenoxy) is 3. The summed E-state index contributed by atoms with van der Waals surface area (Å²) >= 11 is 5.90. The topological polar surface area (TPSA) is 73.9 Å². The van der Waals surface area contributed by atoms with Gasteiger partial charge in [-0.1, -0.05) is 17.7 Å². The van der Waals surface area contributed by atoms with Crippen LogP contribution in [-0.4, -0.2) is 32.2 Å². The zero-order valence-electron chi connectivity index (χ0n) is 15.3. The van der Waals surface area contributed by atoms with Crippen molar-refractivity contribution in [2.45, 2.75) is 19.8 Å². The number of hydrogen-bond donors (Lipinski definition) is 1. The number of methoxy groups -OCH3 is 1. The van der Waals surface area contributed by atoms with Crippen LogP contribution < -0.4 is 14.8 Å². The minimum Gasteiger partial charge on any atom is -0.497 e. The molecule has 0 aliphatic carbocycles. The molecular weight excluding hydrogens is 370 g/mol. The van der Waals surface area contributed by atoms with E-state index in [0.717, 1.165) is 11.3 Å². The van der Waals surface area contributed by atoms with E-state index in [1.165, 1.54) is 0 Å². The van der Waals surface area contributed by atoms with Gasteiger partial charge in [0.15, 0.2) is 6.61 Å². The third kappa shape index (κ3) is 7.19. The number of carbonyl (C=O) groups is 2. The summed E-state index contributed by atoms with van der Waals surface area (Å²) in [5.74, 6) is 0.576. The van der Waals surface area contributed by atoms with Gasteiger partial charge in [0.05, 0.1) is 13.7 Å². The number of anilines is 1. The van der Waals surface area contributed by atoms with Crippen molar-refractivity contribution in [2.75, 3.05) is 25.6 Å². The minimum atomic E-state index is -0.453. The summed E-state index contributed by atoms with van der Waals surface area (Å²) in [4.78, 5) is 23.6. The lowest BCUT2D eigenvalue weighted by atomic mass is 10.2. The predicted octanol–water partition coefficient (Wildman–Crippen LogP) is 4.00. The maximum Gasteiger partial charge on any atom is 0.306 e. The molecule has 0 saturated heterocycles. The number of carbonyl (C=O) groups excluding carboxylic acids is 2. The second-order valence-corrected chi connectivity index (χ2v) is 6.23. The van der Waals surface area contributed by atoms with Crippen LogP contribution in [0.3, 0.4) is 0 Å². The van der Waals surface area contributed by atoms with Crippen LogP contribution in [0.15, 0.2) is 42.5 Å². The van der Waals surface area contributed by atoms with Gasteiger partial charge in [0.2, 0.25) is 0 Å². The molecule has 0 aliphatic rings. The van der Waals surface area contributed by atoms with Crippen molar-refractivity contribution in [3.8, 4) is 11.5 Å². The first-order valence-corrected chi connectivity index (χ1v) is 8.84. The van der Waals surface area contributed by atoms with Gasteiger partial charge in [0.25, 0.3) is 5.91 Å². The van der Waals surface area contributed by atoms with Gasteiger partial charge in [0, 0.05) is 17.1 Å². The Hall–Kier alpha value is -2.73. The highest BCUT2D eigenvalue weighted by Gasteiger charge is 2.09. The molecule has 1 N–H and O–H groups in total. The maximum absolute atomic E-state index is 11.9. The molecule has 2 rings (SSSR count). The van der Waals surface area contributed by atoms with Crippen molar-refractivity contribution < 1.29 is 23.8 Å². The van der Waals surface area contributed by atoms with Crippen molar-refractivity contribution in [1.29, 1.82) is 0 Å². The average molecular weight is 392 g/mol. The highest BCUT2D eigenvalue weighted by Crippen LogP contribution is 2.20. The minimum absolute atomic E-state index is 0.166. The van der Waals surface area contributed by atoms with Crippen LogP contribution >= 0.6 is 11.6 Å². The van der Waals surface area contributed by atoms with Gasteiger partial charge in [-0.05, 0) is 55.3 Å². The molecule has 0 bridgehead atoms. The molecule has 0 aromatic heterocycles. The maximum atomic E-state index is 11.9. The van der Waals surface area contributed by atoms with E-state index in [2.05, 4.69) is 5.32 Å². The Kier molecular flexibility index (Phi) is 7.95. The van der Waals surface area contributed by atoms with Crippen molar-refractivity contribution in [3.05, 3.63) is 53.1 Å². The van der Waals surface area contributed by atoms with Crippen LogP contribution in [0.4, 0.5) is 5.69 Å². The SMILES string of the molecule is COc1ccc(OCCCC(=O)OCC(=O)Nc2cc(Cl)ccc2C)cc1. The summed E-state index contributed by atoms with van der Waals surface area (Å²) in [6.45, 7) is 1.88. The molecule has 6 nitrogen and oxygen atoms in total. The van der Waals surface area contributed by atoms with Gasteiger partial charge in [0.1, 0.15) is 11.5 Å². The number of halogens is 1. The average Bonchev–Trinajstić information content (AvgIpc) is 2.67. The Bertz CT molecular complexity index is 776. The van der Waals surface area contributed by atoms with Crippen LogP contribution in [0.25, 0.3) is 0 Å². The summed E-state index contributed by atoms with van der Waals surface area (Å²) in [6.07, 6.45) is 0.652. The first-order chi connectivity index (χ1) is 13.0. The van der Waals surface area contributed by atoms with E-state index in [4.69, 9.17) is 25.8 Å².